The highest BCUT2D eigenvalue weighted by atomic mass is 19.3. The summed E-state index contributed by atoms with van der Waals surface area (Å²) < 4.78 is 34.1. The second-order valence-corrected chi connectivity index (χ2v) is 6.23. The number of halogens is 2. The number of aryl methyl sites for hydroxylation is 1. The van der Waals surface area contributed by atoms with Crippen molar-refractivity contribution >= 4 is 23.2 Å². The summed E-state index contributed by atoms with van der Waals surface area (Å²) in [5.41, 5.74) is 1.15. The van der Waals surface area contributed by atoms with Crippen molar-refractivity contribution in [3.8, 4) is 0 Å². The second kappa shape index (κ2) is 7.40. The van der Waals surface area contributed by atoms with E-state index in [-0.39, 0.29) is 23.8 Å². The normalized spacial score (nSPS) is 13.4. The van der Waals surface area contributed by atoms with Crippen molar-refractivity contribution in [2.45, 2.75) is 19.3 Å². The molecule has 6 nitrogen and oxygen atoms in total. The molecule has 0 atom stereocenters. The Labute approximate surface area is 155 Å². The smallest absolute Gasteiger partial charge is 0.366 e. The highest BCUT2D eigenvalue weighted by molar-refractivity contribution is 6.01. The Morgan fingerprint density at radius 2 is 2.07 bits per heavy atom. The number of anilines is 2. The molecule has 2 amide bonds. The number of aromatic nitrogens is 1. The van der Waals surface area contributed by atoms with Gasteiger partial charge < -0.3 is 15.0 Å². The van der Waals surface area contributed by atoms with Crippen LogP contribution in [-0.2, 0) is 26.7 Å². The quantitative estimate of drug-likeness (QED) is 0.872. The Morgan fingerprint density at radius 1 is 1.30 bits per heavy atom. The molecule has 3 rings (SSSR count). The number of hydrogen-bond donors (Lipinski definition) is 1. The number of pyridine rings is 1. The first-order valence-electron chi connectivity index (χ1n) is 8.38. The SMILES string of the molecule is COCC(=O)N1CCc2c(NC(=O)C(F)(F)c3ncccc3C)cccc21. The van der Waals surface area contributed by atoms with E-state index in [0.717, 1.165) is 0 Å². The van der Waals surface area contributed by atoms with Crippen LogP contribution in [-0.4, -0.2) is 37.1 Å². The van der Waals surface area contributed by atoms with Crippen molar-refractivity contribution in [1.29, 1.82) is 0 Å². The maximum atomic E-state index is 14.6. The predicted molar refractivity (Wildman–Crippen MR) is 95.9 cm³/mol. The van der Waals surface area contributed by atoms with Crippen LogP contribution in [0.5, 0.6) is 0 Å². The molecule has 1 aliphatic heterocycles. The molecule has 1 aromatic heterocycles. The van der Waals surface area contributed by atoms with Gasteiger partial charge in [0.1, 0.15) is 12.3 Å². The Kier molecular flexibility index (Phi) is 5.18. The van der Waals surface area contributed by atoms with Crippen LogP contribution >= 0.6 is 0 Å². The van der Waals surface area contributed by atoms with Crippen LogP contribution in [0.3, 0.4) is 0 Å². The molecule has 0 bridgehead atoms. The molecule has 1 aromatic carbocycles. The van der Waals surface area contributed by atoms with E-state index in [9.17, 15) is 18.4 Å². The van der Waals surface area contributed by atoms with Gasteiger partial charge in [-0.05, 0) is 37.1 Å². The monoisotopic (exact) mass is 375 g/mol. The van der Waals surface area contributed by atoms with Crippen molar-refractivity contribution in [3.05, 3.63) is 53.3 Å². The molecule has 0 saturated carbocycles. The van der Waals surface area contributed by atoms with E-state index in [1.54, 1.807) is 18.2 Å². The molecule has 1 aliphatic rings. The number of methoxy groups -OCH3 is 1. The highest BCUT2D eigenvalue weighted by Gasteiger charge is 2.44. The van der Waals surface area contributed by atoms with Crippen molar-refractivity contribution < 1.29 is 23.1 Å². The van der Waals surface area contributed by atoms with Gasteiger partial charge in [-0.15, -0.1) is 0 Å². The van der Waals surface area contributed by atoms with Crippen LogP contribution in [0.2, 0.25) is 0 Å². The average molecular weight is 375 g/mol. The fourth-order valence-corrected chi connectivity index (χ4v) is 3.13. The van der Waals surface area contributed by atoms with Gasteiger partial charge in [-0.1, -0.05) is 12.1 Å². The molecule has 27 heavy (non-hydrogen) atoms. The van der Waals surface area contributed by atoms with Gasteiger partial charge in [0.2, 0.25) is 0 Å². The number of fused-ring (bicyclic) bond motifs is 1. The van der Waals surface area contributed by atoms with E-state index in [1.807, 2.05) is 0 Å². The summed E-state index contributed by atoms with van der Waals surface area (Å²) in [6, 6.07) is 7.87. The average Bonchev–Trinajstić information content (AvgIpc) is 3.07. The van der Waals surface area contributed by atoms with Crippen LogP contribution in [0.25, 0.3) is 0 Å². The largest absolute Gasteiger partial charge is 0.375 e. The van der Waals surface area contributed by atoms with E-state index >= 15 is 0 Å². The van der Waals surface area contributed by atoms with E-state index in [0.29, 0.717) is 24.2 Å². The number of benzene rings is 1. The lowest BCUT2D eigenvalue weighted by atomic mass is 10.1. The van der Waals surface area contributed by atoms with Gasteiger partial charge in [-0.3, -0.25) is 14.6 Å². The summed E-state index contributed by atoms with van der Waals surface area (Å²) >= 11 is 0. The summed E-state index contributed by atoms with van der Waals surface area (Å²) in [4.78, 5) is 29.6. The summed E-state index contributed by atoms with van der Waals surface area (Å²) in [5, 5.41) is 2.30. The first kappa shape index (κ1) is 18.9. The third-order valence-electron chi connectivity index (χ3n) is 4.44. The van der Waals surface area contributed by atoms with E-state index < -0.39 is 17.5 Å². The number of amides is 2. The van der Waals surface area contributed by atoms with Gasteiger partial charge in [0.15, 0.2) is 0 Å². The van der Waals surface area contributed by atoms with Crippen LogP contribution in [0, 0.1) is 6.92 Å². The number of nitrogens with zero attached hydrogens (tertiary/aromatic N) is 2. The van der Waals surface area contributed by atoms with Crippen molar-refractivity contribution in [2.24, 2.45) is 0 Å². The Balaban J connectivity index is 1.86. The first-order chi connectivity index (χ1) is 12.9. The fraction of sp³-hybridized carbons (Fsp3) is 0.316. The van der Waals surface area contributed by atoms with Crippen LogP contribution < -0.4 is 10.2 Å². The fourth-order valence-electron chi connectivity index (χ4n) is 3.13. The lowest BCUT2D eigenvalue weighted by Crippen LogP contribution is -2.34. The van der Waals surface area contributed by atoms with E-state index in [1.165, 1.54) is 37.3 Å². The molecule has 2 heterocycles. The van der Waals surface area contributed by atoms with Crippen LogP contribution in [0.4, 0.5) is 20.2 Å². The third-order valence-corrected chi connectivity index (χ3v) is 4.44. The Morgan fingerprint density at radius 3 is 2.78 bits per heavy atom. The van der Waals surface area contributed by atoms with Crippen molar-refractivity contribution in [2.75, 3.05) is 30.5 Å². The number of rotatable bonds is 5. The summed E-state index contributed by atoms with van der Waals surface area (Å²) in [5.74, 6) is -5.47. The molecule has 0 unspecified atom stereocenters. The molecular formula is C19H19F2N3O3. The lowest BCUT2D eigenvalue weighted by molar-refractivity contribution is -0.141. The minimum atomic E-state index is -3.78. The molecule has 142 valence electrons. The Hall–Kier alpha value is -2.87. The number of carbonyl (C=O) groups excluding carboxylic acids is 2. The third kappa shape index (κ3) is 3.52. The molecule has 0 fully saturated rings. The van der Waals surface area contributed by atoms with Gasteiger partial charge in [0, 0.05) is 36.8 Å². The number of carbonyl (C=O) groups is 2. The molecular weight excluding hydrogens is 356 g/mol. The highest BCUT2D eigenvalue weighted by Crippen LogP contribution is 2.36. The topological polar surface area (TPSA) is 71.5 Å². The number of nitrogens with one attached hydrogen (secondary N) is 1. The van der Waals surface area contributed by atoms with Crippen LogP contribution in [0.1, 0.15) is 16.8 Å². The van der Waals surface area contributed by atoms with E-state index in [2.05, 4.69) is 10.3 Å². The minimum absolute atomic E-state index is 0.0763. The Bertz CT molecular complexity index is 886. The minimum Gasteiger partial charge on any atom is -0.375 e. The molecule has 0 spiro atoms. The van der Waals surface area contributed by atoms with Gasteiger partial charge in [0.25, 0.3) is 5.91 Å². The standard InChI is InChI=1S/C19H19F2N3O3/c1-12-5-4-9-22-17(12)19(20,21)18(26)23-14-6-3-7-15-13(14)8-10-24(15)16(25)11-27-2/h3-7,9H,8,10-11H2,1-2H3,(H,23,26). The summed E-state index contributed by atoms with van der Waals surface area (Å²) in [7, 11) is 1.42. The number of alkyl halides is 2. The number of ether oxygens (including phenoxy) is 1. The zero-order valence-electron chi connectivity index (χ0n) is 15.0. The van der Waals surface area contributed by atoms with Gasteiger partial charge in [-0.25, -0.2) is 0 Å². The molecule has 0 saturated heterocycles. The maximum absolute atomic E-state index is 14.6. The summed E-state index contributed by atoms with van der Waals surface area (Å²) in [6.45, 7) is 1.80. The zero-order chi connectivity index (χ0) is 19.6. The zero-order valence-corrected chi connectivity index (χ0v) is 15.0. The molecule has 0 aliphatic carbocycles. The van der Waals surface area contributed by atoms with E-state index in [4.69, 9.17) is 4.74 Å². The summed E-state index contributed by atoms with van der Waals surface area (Å²) in [6.07, 6.45) is 1.68. The molecule has 0 radical (unpaired) electrons. The maximum Gasteiger partial charge on any atom is 0.366 e. The van der Waals surface area contributed by atoms with Gasteiger partial charge >= 0.3 is 11.8 Å². The molecule has 1 N–H and O–H groups in total. The molecule has 8 heteroatoms. The number of hydrogen-bond acceptors (Lipinski definition) is 4. The molecule has 2 aromatic rings. The first-order valence-corrected chi connectivity index (χ1v) is 8.38. The van der Waals surface area contributed by atoms with Crippen LogP contribution in [0.15, 0.2) is 36.5 Å². The predicted octanol–water partition coefficient (Wildman–Crippen LogP) is 2.66. The van der Waals surface area contributed by atoms with Crippen molar-refractivity contribution in [3.63, 3.8) is 0 Å². The second-order valence-electron chi connectivity index (χ2n) is 6.23. The van der Waals surface area contributed by atoms with Crippen molar-refractivity contribution in [1.82, 2.24) is 4.98 Å². The van der Waals surface area contributed by atoms with Gasteiger partial charge in [0.05, 0.1) is 0 Å². The van der Waals surface area contributed by atoms with Gasteiger partial charge in [-0.2, -0.15) is 8.78 Å². The lowest BCUT2D eigenvalue weighted by Gasteiger charge is -2.19.